The van der Waals surface area contributed by atoms with Crippen molar-refractivity contribution in [2.24, 2.45) is 0 Å². The van der Waals surface area contributed by atoms with Crippen LogP contribution in [0.15, 0.2) is 41.6 Å². The zero-order valence-electron chi connectivity index (χ0n) is 12.0. The molecule has 2 aromatic carbocycles. The minimum absolute atomic E-state index is 0.449. The fourth-order valence-electron chi connectivity index (χ4n) is 2.04. The van der Waals surface area contributed by atoms with E-state index in [1.807, 2.05) is 0 Å². The van der Waals surface area contributed by atoms with E-state index in [1.165, 1.54) is 16.4 Å². The van der Waals surface area contributed by atoms with Gasteiger partial charge in [-0.15, -0.1) is 10.2 Å². The molecule has 0 aliphatic carbocycles. The third kappa shape index (κ3) is 3.60. The predicted octanol–water partition coefficient (Wildman–Crippen LogP) is 5.56. The Hall–Kier alpha value is -1.11. The van der Waals surface area contributed by atoms with E-state index in [4.69, 9.17) is 52.2 Å². The summed E-state index contributed by atoms with van der Waals surface area (Å²) in [5.74, 6) is 7.06. The van der Waals surface area contributed by atoms with E-state index in [2.05, 4.69) is 10.2 Å². The molecule has 9 heteroatoms. The second-order valence-corrected chi connectivity index (χ2v) is 7.39. The lowest BCUT2D eigenvalue weighted by molar-refractivity contribution is 0.849. The Morgan fingerprint density at radius 2 is 1.67 bits per heavy atom. The van der Waals surface area contributed by atoms with Crippen molar-refractivity contribution in [1.29, 1.82) is 0 Å². The summed E-state index contributed by atoms with van der Waals surface area (Å²) in [5, 5.41) is 10.9. The number of nitrogens with zero attached hydrogens (tertiary/aromatic N) is 3. The molecule has 2 N–H and O–H groups in total. The summed E-state index contributed by atoms with van der Waals surface area (Å²) in [7, 11) is 0. The number of rotatable bonds is 4. The van der Waals surface area contributed by atoms with Gasteiger partial charge in [-0.1, -0.05) is 64.2 Å². The van der Waals surface area contributed by atoms with Gasteiger partial charge in [-0.2, -0.15) is 0 Å². The minimum Gasteiger partial charge on any atom is -0.335 e. The summed E-state index contributed by atoms with van der Waals surface area (Å²) < 4.78 is 1.38. The van der Waals surface area contributed by atoms with Crippen LogP contribution in [-0.2, 0) is 5.75 Å². The third-order valence-electron chi connectivity index (χ3n) is 3.24. The fourth-order valence-corrected chi connectivity index (χ4v) is 4.13. The number of halogens is 4. The number of hydrogen-bond donors (Lipinski definition) is 1. The van der Waals surface area contributed by atoms with Gasteiger partial charge in [-0.25, -0.2) is 4.68 Å². The van der Waals surface area contributed by atoms with E-state index in [9.17, 15) is 0 Å². The monoisotopic (exact) mass is 418 g/mol. The lowest BCUT2D eigenvalue weighted by atomic mass is 10.2. The highest BCUT2D eigenvalue weighted by atomic mass is 35.5. The summed E-state index contributed by atoms with van der Waals surface area (Å²) in [4.78, 5) is 0. The number of nitrogens with two attached hydrogens (primary N) is 1. The molecule has 0 aliphatic rings. The van der Waals surface area contributed by atoms with Gasteiger partial charge in [-0.3, -0.25) is 0 Å². The van der Waals surface area contributed by atoms with Crippen molar-refractivity contribution in [2.75, 3.05) is 5.84 Å². The lowest BCUT2D eigenvalue weighted by Crippen LogP contribution is -2.11. The molecule has 1 heterocycles. The second-order valence-electron chi connectivity index (χ2n) is 4.79. The predicted molar refractivity (Wildman–Crippen MR) is 102 cm³/mol. The number of thioether (sulfide) groups is 1. The Balaban J connectivity index is 1.85. The van der Waals surface area contributed by atoms with Gasteiger partial charge in [-0.05, 0) is 35.9 Å². The number of nitrogen functional groups attached to an aromatic ring is 1. The molecule has 0 atom stereocenters. The van der Waals surface area contributed by atoms with Crippen LogP contribution in [0.25, 0.3) is 11.4 Å². The highest BCUT2D eigenvalue weighted by Gasteiger charge is 2.16. The average Bonchev–Trinajstić information content (AvgIpc) is 2.88. The van der Waals surface area contributed by atoms with Crippen LogP contribution in [0.2, 0.25) is 20.1 Å². The average molecular weight is 420 g/mol. The molecule has 0 bridgehead atoms. The maximum atomic E-state index is 6.20. The van der Waals surface area contributed by atoms with Gasteiger partial charge in [0, 0.05) is 26.4 Å². The molecule has 4 nitrogen and oxygen atoms in total. The first-order valence-electron chi connectivity index (χ1n) is 6.69. The zero-order valence-corrected chi connectivity index (χ0v) is 15.9. The molecule has 1 aromatic heterocycles. The summed E-state index contributed by atoms with van der Waals surface area (Å²) in [6, 6.07) is 10.5. The molecule has 3 rings (SSSR count). The first-order valence-corrected chi connectivity index (χ1v) is 9.18. The summed E-state index contributed by atoms with van der Waals surface area (Å²) in [5.41, 5.74) is 1.47. The molecule has 0 amide bonds. The molecule has 0 fully saturated rings. The van der Waals surface area contributed by atoms with Crippen LogP contribution in [0.5, 0.6) is 0 Å². The zero-order chi connectivity index (χ0) is 17.3. The molecule has 0 radical (unpaired) electrons. The molecular weight excluding hydrogens is 410 g/mol. The van der Waals surface area contributed by atoms with Gasteiger partial charge in [0.25, 0.3) is 0 Å². The lowest BCUT2D eigenvalue weighted by Gasteiger charge is -2.07. The first-order chi connectivity index (χ1) is 11.5. The summed E-state index contributed by atoms with van der Waals surface area (Å²) >= 11 is 25.8. The molecule has 0 spiro atoms. The van der Waals surface area contributed by atoms with Crippen molar-refractivity contribution in [1.82, 2.24) is 14.9 Å². The van der Waals surface area contributed by atoms with Crippen molar-refractivity contribution in [3.05, 3.63) is 62.1 Å². The van der Waals surface area contributed by atoms with Gasteiger partial charge >= 0.3 is 0 Å². The normalized spacial score (nSPS) is 11.0. The molecule has 3 aromatic rings. The van der Waals surface area contributed by atoms with Crippen molar-refractivity contribution in [3.8, 4) is 11.4 Å². The quantitative estimate of drug-likeness (QED) is 0.443. The highest BCUT2D eigenvalue weighted by molar-refractivity contribution is 7.98. The Morgan fingerprint density at radius 3 is 2.33 bits per heavy atom. The molecule has 0 unspecified atom stereocenters. The second kappa shape index (κ2) is 7.42. The minimum atomic E-state index is 0.449. The van der Waals surface area contributed by atoms with Crippen molar-refractivity contribution < 1.29 is 0 Å². The van der Waals surface area contributed by atoms with Crippen LogP contribution < -0.4 is 5.84 Å². The molecule has 0 saturated carbocycles. The van der Waals surface area contributed by atoms with Crippen molar-refractivity contribution in [2.45, 2.75) is 10.9 Å². The largest absolute Gasteiger partial charge is 0.335 e. The van der Waals surface area contributed by atoms with Crippen molar-refractivity contribution in [3.63, 3.8) is 0 Å². The first kappa shape index (κ1) is 17.7. The number of hydrogen-bond acceptors (Lipinski definition) is 4. The van der Waals surface area contributed by atoms with E-state index in [-0.39, 0.29) is 0 Å². The van der Waals surface area contributed by atoms with Gasteiger partial charge in [0.15, 0.2) is 5.82 Å². The maximum absolute atomic E-state index is 6.20. The number of aromatic nitrogens is 3. The smallest absolute Gasteiger partial charge is 0.210 e. The van der Waals surface area contributed by atoms with Gasteiger partial charge in [0.2, 0.25) is 5.16 Å². The Morgan fingerprint density at radius 1 is 0.958 bits per heavy atom. The van der Waals surface area contributed by atoms with Crippen LogP contribution in [0.3, 0.4) is 0 Å². The SMILES string of the molecule is Nn1c(SCc2c(Cl)cccc2Cl)nnc1-c1ccc(Cl)cc1Cl. The standard InChI is InChI=1S/C15H10Cl4N4S/c16-8-4-5-9(13(19)6-8)14-21-22-15(23(14)20)24-7-10-11(17)2-1-3-12(10)18/h1-6H,7,20H2. The molecule has 124 valence electrons. The molecule has 0 saturated heterocycles. The van der Waals surface area contributed by atoms with E-state index >= 15 is 0 Å². The van der Waals surface area contributed by atoms with Gasteiger partial charge in [0.05, 0.1) is 5.02 Å². The Kier molecular flexibility index (Phi) is 5.47. The third-order valence-corrected chi connectivity index (χ3v) is 5.47. The number of benzene rings is 2. The summed E-state index contributed by atoms with van der Waals surface area (Å²) in [6.45, 7) is 0. The van der Waals surface area contributed by atoms with E-state index < -0.39 is 0 Å². The van der Waals surface area contributed by atoms with Crippen LogP contribution in [-0.4, -0.2) is 14.9 Å². The van der Waals surface area contributed by atoms with Crippen molar-refractivity contribution >= 4 is 58.2 Å². The molecule has 0 aliphatic heterocycles. The molecule has 24 heavy (non-hydrogen) atoms. The van der Waals surface area contributed by atoms with E-state index in [1.54, 1.807) is 36.4 Å². The summed E-state index contributed by atoms with van der Waals surface area (Å²) in [6.07, 6.45) is 0. The molecular formula is C15H10Cl4N4S. The Labute approximate surface area is 162 Å². The topological polar surface area (TPSA) is 56.7 Å². The van der Waals surface area contributed by atoms with Gasteiger partial charge in [0.1, 0.15) is 0 Å². The van der Waals surface area contributed by atoms with Crippen LogP contribution in [0.4, 0.5) is 0 Å². The van der Waals surface area contributed by atoms with Crippen LogP contribution in [0, 0.1) is 0 Å². The van der Waals surface area contributed by atoms with E-state index in [0.717, 1.165) is 5.56 Å². The Bertz CT molecular complexity index is 877. The van der Waals surface area contributed by atoms with Crippen LogP contribution >= 0.6 is 58.2 Å². The van der Waals surface area contributed by atoms with E-state index in [0.29, 0.717) is 42.4 Å². The van der Waals surface area contributed by atoms with Crippen LogP contribution in [0.1, 0.15) is 5.56 Å². The maximum Gasteiger partial charge on any atom is 0.210 e. The van der Waals surface area contributed by atoms with Gasteiger partial charge < -0.3 is 5.84 Å². The highest BCUT2D eigenvalue weighted by Crippen LogP contribution is 2.33. The fraction of sp³-hybridized carbons (Fsp3) is 0.0667.